The second-order valence-electron chi connectivity index (χ2n) is 8.67. The van der Waals surface area contributed by atoms with Crippen molar-refractivity contribution in [2.24, 2.45) is 0 Å². The van der Waals surface area contributed by atoms with Gasteiger partial charge in [-0.2, -0.15) is 0 Å². The smallest absolute Gasteiger partial charge is 0.408 e. The maximum absolute atomic E-state index is 6.45. The van der Waals surface area contributed by atoms with Gasteiger partial charge in [0.1, 0.15) is 11.4 Å². The SMILES string of the molecule is CC(C)(OP(Oc1ccccn1)Oc1ccccn1)c1ccccc1OP(Oc1ccccn1)Oc1ccccn1. The van der Waals surface area contributed by atoms with Gasteiger partial charge in [0.15, 0.2) is 0 Å². The second-order valence-corrected chi connectivity index (χ2v) is 10.7. The van der Waals surface area contributed by atoms with E-state index in [1.165, 1.54) is 0 Å². The highest BCUT2D eigenvalue weighted by atomic mass is 31.2. The van der Waals surface area contributed by atoms with Crippen molar-refractivity contribution >= 4 is 17.2 Å². The van der Waals surface area contributed by atoms with Gasteiger partial charge in [0.25, 0.3) is 0 Å². The Kier molecular flexibility index (Phi) is 9.49. The van der Waals surface area contributed by atoms with Gasteiger partial charge in [-0.05, 0) is 44.2 Å². The maximum Gasteiger partial charge on any atom is 0.532 e. The molecule has 0 fully saturated rings. The first-order valence-corrected chi connectivity index (χ1v) is 14.7. The van der Waals surface area contributed by atoms with Crippen LogP contribution in [0.3, 0.4) is 0 Å². The predicted octanol–water partition coefficient (Wildman–Crippen LogP) is 7.67. The summed E-state index contributed by atoms with van der Waals surface area (Å²) in [5, 5.41) is 0. The number of hydrogen-bond donors (Lipinski definition) is 0. The first-order chi connectivity index (χ1) is 20.0. The molecule has 10 nitrogen and oxygen atoms in total. The molecule has 12 heteroatoms. The molecule has 0 spiro atoms. The average Bonchev–Trinajstić information content (AvgIpc) is 2.99. The van der Waals surface area contributed by atoms with Gasteiger partial charge in [0, 0.05) is 54.6 Å². The molecular weight excluding hydrogens is 562 g/mol. The fraction of sp³-hybridized carbons (Fsp3) is 0.103. The van der Waals surface area contributed by atoms with E-state index in [1.807, 2.05) is 56.3 Å². The summed E-state index contributed by atoms with van der Waals surface area (Å²) in [6.07, 6.45) is 6.51. The van der Waals surface area contributed by atoms with Crippen LogP contribution in [0.2, 0.25) is 0 Å². The summed E-state index contributed by atoms with van der Waals surface area (Å²) in [5.41, 5.74) is -0.272. The summed E-state index contributed by atoms with van der Waals surface area (Å²) in [6, 6.07) is 28.8. The second kappa shape index (κ2) is 13.8. The highest BCUT2D eigenvalue weighted by Crippen LogP contribution is 2.50. The van der Waals surface area contributed by atoms with Crippen molar-refractivity contribution in [3.63, 3.8) is 0 Å². The van der Waals surface area contributed by atoms with Crippen LogP contribution < -0.4 is 22.6 Å². The standard InChI is InChI=1S/C29H26N4O6P2/c1-29(2,39-41(37-27-17-7-11-21-32-27)38-28-18-8-12-22-33-28)23-13-3-4-14-24(23)34-40(35-25-15-5-9-19-30-25)36-26-16-6-10-20-31-26/h3-22H,1-2H3. The third-order valence-electron chi connectivity index (χ3n) is 5.23. The summed E-state index contributed by atoms with van der Waals surface area (Å²) in [7, 11) is -4.01. The average molecular weight is 588 g/mol. The van der Waals surface area contributed by atoms with Crippen LogP contribution in [0.1, 0.15) is 19.4 Å². The third kappa shape index (κ3) is 8.32. The number of rotatable bonds is 13. The minimum Gasteiger partial charge on any atom is -0.408 e. The van der Waals surface area contributed by atoms with Gasteiger partial charge in [0.05, 0.1) is 0 Å². The number of aromatic nitrogens is 4. The zero-order valence-corrected chi connectivity index (χ0v) is 24.0. The molecule has 41 heavy (non-hydrogen) atoms. The van der Waals surface area contributed by atoms with Gasteiger partial charge in [-0.1, -0.05) is 42.5 Å². The molecule has 0 bridgehead atoms. The minimum atomic E-state index is -2.01. The van der Waals surface area contributed by atoms with Crippen LogP contribution in [0.5, 0.6) is 29.3 Å². The summed E-state index contributed by atoms with van der Waals surface area (Å²) in [4.78, 5) is 17.0. The van der Waals surface area contributed by atoms with E-state index in [9.17, 15) is 0 Å². The molecule has 5 aromatic rings. The van der Waals surface area contributed by atoms with Crippen LogP contribution in [0, 0.1) is 0 Å². The maximum atomic E-state index is 6.45. The lowest BCUT2D eigenvalue weighted by Gasteiger charge is -2.30. The van der Waals surface area contributed by atoms with Gasteiger partial charge >= 0.3 is 17.2 Å². The molecule has 0 radical (unpaired) electrons. The number of hydrogen-bond acceptors (Lipinski definition) is 10. The third-order valence-corrected chi connectivity index (χ3v) is 7.53. The number of pyridine rings is 4. The first kappa shape index (κ1) is 28.2. The lowest BCUT2D eigenvalue weighted by molar-refractivity contribution is 0.0915. The molecule has 0 unspecified atom stereocenters. The first-order valence-electron chi connectivity index (χ1n) is 12.5. The van der Waals surface area contributed by atoms with Crippen LogP contribution in [0.25, 0.3) is 0 Å². The molecule has 0 saturated carbocycles. The Labute approximate surface area is 240 Å². The summed E-state index contributed by atoms with van der Waals surface area (Å²) < 4.78 is 36.8. The molecule has 0 atom stereocenters. The molecule has 0 aliphatic carbocycles. The van der Waals surface area contributed by atoms with Crippen molar-refractivity contribution in [3.05, 3.63) is 127 Å². The van der Waals surface area contributed by atoms with E-state index in [1.54, 1.807) is 79.4 Å². The monoisotopic (exact) mass is 588 g/mol. The Bertz CT molecular complexity index is 1410. The molecule has 208 valence electrons. The molecule has 0 aliphatic heterocycles. The lowest BCUT2D eigenvalue weighted by atomic mass is 9.98. The van der Waals surface area contributed by atoms with Crippen molar-refractivity contribution < 1.29 is 27.1 Å². The Morgan fingerprint density at radius 3 is 1.27 bits per heavy atom. The van der Waals surface area contributed by atoms with Crippen LogP contribution in [0.4, 0.5) is 0 Å². The summed E-state index contributed by atoms with van der Waals surface area (Å²) in [5.74, 6) is 1.87. The Morgan fingerprint density at radius 2 is 0.854 bits per heavy atom. The van der Waals surface area contributed by atoms with Gasteiger partial charge < -0.3 is 22.6 Å². The fourth-order valence-corrected chi connectivity index (χ4v) is 5.44. The van der Waals surface area contributed by atoms with Crippen molar-refractivity contribution in [2.45, 2.75) is 19.4 Å². The van der Waals surface area contributed by atoms with Crippen molar-refractivity contribution in [1.29, 1.82) is 0 Å². The molecule has 0 saturated heterocycles. The molecule has 4 heterocycles. The van der Waals surface area contributed by atoms with Gasteiger partial charge in [-0.3, -0.25) is 4.52 Å². The lowest BCUT2D eigenvalue weighted by Crippen LogP contribution is -2.22. The van der Waals surface area contributed by atoms with E-state index in [2.05, 4.69) is 19.9 Å². The molecule has 0 N–H and O–H groups in total. The van der Waals surface area contributed by atoms with Crippen molar-refractivity contribution in [1.82, 2.24) is 19.9 Å². The van der Waals surface area contributed by atoms with Crippen molar-refractivity contribution in [2.75, 3.05) is 0 Å². The van der Waals surface area contributed by atoms with Gasteiger partial charge in [-0.25, -0.2) is 19.9 Å². The molecule has 0 amide bonds. The molecule has 4 aromatic heterocycles. The largest absolute Gasteiger partial charge is 0.532 e. The normalized spacial score (nSPS) is 11.2. The Hall–Kier alpha value is -4.36. The molecule has 0 aliphatic rings. The molecule has 1 aromatic carbocycles. The van der Waals surface area contributed by atoms with Crippen LogP contribution in [-0.4, -0.2) is 19.9 Å². The number of para-hydroxylation sites is 1. The quantitative estimate of drug-likeness (QED) is 0.127. The van der Waals surface area contributed by atoms with Crippen LogP contribution >= 0.6 is 17.2 Å². The van der Waals surface area contributed by atoms with E-state index < -0.39 is 22.8 Å². The van der Waals surface area contributed by atoms with E-state index in [0.717, 1.165) is 0 Å². The Morgan fingerprint density at radius 1 is 0.463 bits per heavy atom. The highest BCUT2D eigenvalue weighted by molar-refractivity contribution is 7.43. The molecular formula is C29H26N4O6P2. The van der Waals surface area contributed by atoms with E-state index >= 15 is 0 Å². The van der Waals surface area contributed by atoms with E-state index in [-0.39, 0.29) is 0 Å². The Balaban J connectivity index is 1.40. The van der Waals surface area contributed by atoms with E-state index in [4.69, 9.17) is 27.1 Å². The van der Waals surface area contributed by atoms with Crippen LogP contribution in [-0.2, 0) is 10.1 Å². The number of nitrogens with zero attached hydrogens (tertiary/aromatic N) is 4. The van der Waals surface area contributed by atoms with Gasteiger partial charge in [0.2, 0.25) is 23.5 Å². The summed E-state index contributed by atoms with van der Waals surface area (Å²) >= 11 is 0. The zero-order valence-electron chi connectivity index (χ0n) is 22.2. The predicted molar refractivity (Wildman–Crippen MR) is 154 cm³/mol. The van der Waals surface area contributed by atoms with E-state index in [0.29, 0.717) is 34.8 Å². The summed E-state index contributed by atoms with van der Waals surface area (Å²) in [6.45, 7) is 3.77. The van der Waals surface area contributed by atoms with Gasteiger partial charge in [-0.15, -0.1) is 0 Å². The van der Waals surface area contributed by atoms with Crippen molar-refractivity contribution in [3.8, 4) is 29.3 Å². The minimum absolute atomic E-state index is 0.346. The highest BCUT2D eigenvalue weighted by Gasteiger charge is 2.35. The topological polar surface area (TPSA) is 107 Å². The molecule has 5 rings (SSSR count). The fourth-order valence-electron chi connectivity index (χ4n) is 3.38. The zero-order chi connectivity index (χ0) is 28.3. The van der Waals surface area contributed by atoms with Crippen LogP contribution in [0.15, 0.2) is 122 Å². The number of benzene rings is 1.